The van der Waals surface area contributed by atoms with E-state index in [4.69, 9.17) is 4.52 Å². The summed E-state index contributed by atoms with van der Waals surface area (Å²) in [4.78, 5) is 29.7. The number of likely N-dealkylation sites (tertiary alicyclic amines) is 1. The van der Waals surface area contributed by atoms with Crippen molar-refractivity contribution >= 4 is 11.9 Å². The van der Waals surface area contributed by atoms with Gasteiger partial charge in [-0.05, 0) is 31.9 Å². The van der Waals surface area contributed by atoms with Gasteiger partial charge in [0, 0.05) is 13.1 Å². The van der Waals surface area contributed by atoms with E-state index in [9.17, 15) is 14.7 Å². The SMILES string of the molecule is Cc1noc(-c2ccccc2C(=O)N2CCCC(C(=O)O)C2)n1. The van der Waals surface area contributed by atoms with E-state index in [-0.39, 0.29) is 12.5 Å². The molecule has 7 heteroatoms. The molecule has 1 fully saturated rings. The standard InChI is InChI=1S/C16H17N3O4/c1-10-17-14(23-18-10)12-6-2-3-7-13(12)15(20)19-8-4-5-11(9-19)16(21)22/h2-3,6-7,11H,4-5,8-9H2,1H3,(H,21,22). The molecule has 0 bridgehead atoms. The minimum Gasteiger partial charge on any atom is -0.481 e. The summed E-state index contributed by atoms with van der Waals surface area (Å²) in [5.41, 5.74) is 1.01. The van der Waals surface area contributed by atoms with Crippen LogP contribution in [-0.2, 0) is 4.79 Å². The number of carbonyl (C=O) groups excluding carboxylic acids is 1. The molecule has 1 saturated heterocycles. The lowest BCUT2D eigenvalue weighted by Gasteiger charge is -2.31. The van der Waals surface area contributed by atoms with Crippen LogP contribution in [-0.4, -0.2) is 45.1 Å². The van der Waals surface area contributed by atoms with Crippen LogP contribution >= 0.6 is 0 Å². The fourth-order valence-corrected chi connectivity index (χ4v) is 2.80. The zero-order valence-corrected chi connectivity index (χ0v) is 12.7. The molecule has 1 atom stereocenters. The van der Waals surface area contributed by atoms with Crippen LogP contribution in [0.25, 0.3) is 11.5 Å². The van der Waals surface area contributed by atoms with Crippen molar-refractivity contribution in [2.45, 2.75) is 19.8 Å². The van der Waals surface area contributed by atoms with Gasteiger partial charge in [-0.1, -0.05) is 17.3 Å². The number of benzene rings is 1. The molecule has 1 unspecified atom stereocenters. The highest BCUT2D eigenvalue weighted by Gasteiger charge is 2.30. The van der Waals surface area contributed by atoms with Crippen LogP contribution in [0.1, 0.15) is 29.0 Å². The summed E-state index contributed by atoms with van der Waals surface area (Å²) >= 11 is 0. The van der Waals surface area contributed by atoms with E-state index in [0.717, 1.165) is 0 Å². The van der Waals surface area contributed by atoms with Crippen LogP contribution in [0.3, 0.4) is 0 Å². The summed E-state index contributed by atoms with van der Waals surface area (Å²) in [5.74, 6) is -0.791. The molecule has 23 heavy (non-hydrogen) atoms. The van der Waals surface area contributed by atoms with E-state index in [0.29, 0.717) is 42.2 Å². The van der Waals surface area contributed by atoms with Crippen LogP contribution < -0.4 is 0 Å². The number of aryl methyl sites for hydroxylation is 1. The summed E-state index contributed by atoms with van der Waals surface area (Å²) in [5, 5.41) is 12.9. The summed E-state index contributed by atoms with van der Waals surface area (Å²) in [7, 11) is 0. The van der Waals surface area contributed by atoms with Crippen LogP contribution in [0.2, 0.25) is 0 Å². The molecule has 7 nitrogen and oxygen atoms in total. The van der Waals surface area contributed by atoms with Gasteiger partial charge in [0.1, 0.15) is 0 Å². The first kappa shape index (κ1) is 15.2. The smallest absolute Gasteiger partial charge is 0.308 e. The number of hydrogen-bond donors (Lipinski definition) is 1. The molecule has 1 aromatic heterocycles. The van der Waals surface area contributed by atoms with Gasteiger partial charge in [0.2, 0.25) is 0 Å². The highest BCUT2D eigenvalue weighted by atomic mass is 16.5. The van der Waals surface area contributed by atoms with Crippen LogP contribution in [0, 0.1) is 12.8 Å². The summed E-state index contributed by atoms with van der Waals surface area (Å²) in [6.07, 6.45) is 1.29. The molecule has 1 aromatic carbocycles. The molecule has 120 valence electrons. The first-order valence-electron chi connectivity index (χ1n) is 7.48. The molecule has 2 heterocycles. The van der Waals surface area contributed by atoms with Gasteiger partial charge in [-0.25, -0.2) is 0 Å². The van der Waals surface area contributed by atoms with Gasteiger partial charge in [0.05, 0.1) is 17.0 Å². The third-order valence-corrected chi connectivity index (χ3v) is 3.97. The Balaban J connectivity index is 1.89. The zero-order valence-electron chi connectivity index (χ0n) is 12.7. The number of carboxylic acid groups (broad SMARTS) is 1. The monoisotopic (exact) mass is 315 g/mol. The zero-order chi connectivity index (χ0) is 16.4. The van der Waals surface area contributed by atoms with Crippen LogP contribution in [0.5, 0.6) is 0 Å². The van der Waals surface area contributed by atoms with Gasteiger partial charge in [0.25, 0.3) is 11.8 Å². The largest absolute Gasteiger partial charge is 0.481 e. The number of aromatic nitrogens is 2. The third-order valence-electron chi connectivity index (χ3n) is 3.97. The molecule has 3 rings (SSSR count). The summed E-state index contributed by atoms with van der Waals surface area (Å²) < 4.78 is 5.16. The van der Waals surface area contributed by atoms with E-state index < -0.39 is 11.9 Å². The van der Waals surface area contributed by atoms with E-state index in [2.05, 4.69) is 10.1 Å². The molecule has 1 aliphatic heterocycles. The Morgan fingerprint density at radius 1 is 1.35 bits per heavy atom. The Bertz CT molecular complexity index is 740. The number of carboxylic acids is 1. The van der Waals surface area contributed by atoms with Gasteiger partial charge in [-0.2, -0.15) is 4.98 Å². The first-order chi connectivity index (χ1) is 11.1. The molecule has 0 radical (unpaired) electrons. The molecular formula is C16H17N3O4. The molecule has 1 N–H and O–H groups in total. The van der Waals surface area contributed by atoms with Crippen molar-refractivity contribution in [3.63, 3.8) is 0 Å². The molecule has 1 aliphatic rings. The van der Waals surface area contributed by atoms with E-state index in [1.165, 1.54) is 0 Å². The predicted molar refractivity (Wildman–Crippen MR) is 80.7 cm³/mol. The lowest BCUT2D eigenvalue weighted by atomic mass is 9.97. The van der Waals surface area contributed by atoms with Crippen LogP contribution in [0.4, 0.5) is 0 Å². The summed E-state index contributed by atoms with van der Waals surface area (Å²) in [6.45, 7) is 2.49. The molecule has 0 aliphatic carbocycles. The quantitative estimate of drug-likeness (QED) is 0.930. The van der Waals surface area contributed by atoms with Crippen molar-refractivity contribution < 1.29 is 19.2 Å². The van der Waals surface area contributed by atoms with Crippen molar-refractivity contribution in [2.75, 3.05) is 13.1 Å². The maximum absolute atomic E-state index is 12.8. The lowest BCUT2D eigenvalue weighted by Crippen LogP contribution is -2.42. The lowest BCUT2D eigenvalue weighted by molar-refractivity contribution is -0.143. The normalized spacial score (nSPS) is 18.0. The number of aliphatic carboxylic acids is 1. The van der Waals surface area contributed by atoms with Crippen molar-refractivity contribution in [1.82, 2.24) is 15.0 Å². The van der Waals surface area contributed by atoms with Crippen molar-refractivity contribution in [2.24, 2.45) is 5.92 Å². The maximum Gasteiger partial charge on any atom is 0.308 e. The number of hydrogen-bond acceptors (Lipinski definition) is 5. The first-order valence-corrected chi connectivity index (χ1v) is 7.48. The predicted octanol–water partition coefficient (Wildman–Crippen LogP) is 1.98. The van der Waals surface area contributed by atoms with Gasteiger partial charge < -0.3 is 14.5 Å². The fourth-order valence-electron chi connectivity index (χ4n) is 2.80. The second kappa shape index (κ2) is 6.20. The third kappa shape index (κ3) is 3.08. The minimum absolute atomic E-state index is 0.206. The van der Waals surface area contributed by atoms with E-state index in [1.807, 2.05) is 0 Å². The molecule has 2 aromatic rings. The molecule has 1 amide bonds. The van der Waals surface area contributed by atoms with Gasteiger partial charge in [-0.15, -0.1) is 0 Å². The van der Waals surface area contributed by atoms with Gasteiger partial charge in [-0.3, -0.25) is 9.59 Å². The highest BCUT2D eigenvalue weighted by molar-refractivity contribution is 6.00. The van der Waals surface area contributed by atoms with E-state index in [1.54, 1.807) is 36.1 Å². The average Bonchev–Trinajstić information content (AvgIpc) is 3.00. The van der Waals surface area contributed by atoms with Crippen molar-refractivity contribution in [3.8, 4) is 11.5 Å². The van der Waals surface area contributed by atoms with Gasteiger partial charge >= 0.3 is 5.97 Å². The number of piperidine rings is 1. The topological polar surface area (TPSA) is 96.5 Å². The number of rotatable bonds is 3. The fraction of sp³-hybridized carbons (Fsp3) is 0.375. The second-order valence-corrected chi connectivity index (χ2v) is 5.62. The summed E-state index contributed by atoms with van der Waals surface area (Å²) in [6, 6.07) is 7.00. The maximum atomic E-state index is 12.8. The molecular weight excluding hydrogens is 298 g/mol. The Labute approximate surface area is 132 Å². The average molecular weight is 315 g/mol. The Morgan fingerprint density at radius 3 is 2.83 bits per heavy atom. The van der Waals surface area contributed by atoms with E-state index >= 15 is 0 Å². The minimum atomic E-state index is -0.858. The number of nitrogens with zero attached hydrogens (tertiary/aromatic N) is 3. The van der Waals surface area contributed by atoms with Crippen molar-refractivity contribution in [1.29, 1.82) is 0 Å². The Kier molecular flexibility index (Phi) is 4.10. The molecule has 0 spiro atoms. The molecule has 0 saturated carbocycles. The number of carbonyl (C=O) groups is 2. The Hall–Kier alpha value is -2.70. The highest BCUT2D eigenvalue weighted by Crippen LogP contribution is 2.25. The number of amides is 1. The Morgan fingerprint density at radius 2 is 2.13 bits per heavy atom. The second-order valence-electron chi connectivity index (χ2n) is 5.62. The van der Waals surface area contributed by atoms with Crippen LogP contribution in [0.15, 0.2) is 28.8 Å². The van der Waals surface area contributed by atoms with Gasteiger partial charge in [0.15, 0.2) is 5.82 Å². The van der Waals surface area contributed by atoms with Crippen molar-refractivity contribution in [3.05, 3.63) is 35.7 Å².